The van der Waals surface area contributed by atoms with Gasteiger partial charge in [0.25, 0.3) is 5.91 Å². The summed E-state index contributed by atoms with van der Waals surface area (Å²) in [5, 5.41) is 8.79. The maximum atomic E-state index is 13.0. The summed E-state index contributed by atoms with van der Waals surface area (Å²) < 4.78 is 5.51. The Morgan fingerprint density at radius 3 is 2.56 bits per heavy atom. The number of carbonyl (C=O) groups is 1. The summed E-state index contributed by atoms with van der Waals surface area (Å²) in [7, 11) is 1.74. The second-order valence-electron chi connectivity index (χ2n) is 6.32. The van der Waals surface area contributed by atoms with Gasteiger partial charge in [0.15, 0.2) is 0 Å². The molecular weight excluding hydrogens is 316 g/mol. The lowest BCUT2D eigenvalue weighted by Gasteiger charge is -2.17. The van der Waals surface area contributed by atoms with Gasteiger partial charge in [-0.2, -0.15) is 0 Å². The zero-order valence-electron chi connectivity index (χ0n) is 15.3. The molecule has 25 heavy (non-hydrogen) atoms. The molecule has 0 radical (unpaired) electrons. The standard InChI is InChI=1S/C19H22N4O2/c1-6-16-21-22-17(25-16)10-23(5)19(24)15-9-12(3)20-18-13(4)11(2)7-8-14(15)18/h7-9H,6,10H2,1-5H3. The first-order valence-corrected chi connectivity index (χ1v) is 8.35. The molecule has 0 N–H and O–H groups in total. The van der Waals surface area contributed by atoms with Crippen LogP contribution in [0.3, 0.4) is 0 Å². The van der Waals surface area contributed by atoms with Crippen molar-refractivity contribution in [3.63, 3.8) is 0 Å². The molecule has 0 saturated heterocycles. The first-order valence-electron chi connectivity index (χ1n) is 8.35. The van der Waals surface area contributed by atoms with E-state index in [1.54, 1.807) is 11.9 Å². The highest BCUT2D eigenvalue weighted by atomic mass is 16.4. The predicted molar refractivity (Wildman–Crippen MR) is 95.4 cm³/mol. The Hall–Kier alpha value is -2.76. The third-order valence-corrected chi connectivity index (χ3v) is 4.39. The molecule has 0 aliphatic carbocycles. The smallest absolute Gasteiger partial charge is 0.254 e. The zero-order valence-corrected chi connectivity index (χ0v) is 15.3. The van der Waals surface area contributed by atoms with Crippen molar-refractivity contribution in [3.05, 3.63) is 52.4 Å². The third-order valence-electron chi connectivity index (χ3n) is 4.39. The van der Waals surface area contributed by atoms with Gasteiger partial charge in [-0.3, -0.25) is 9.78 Å². The first-order chi connectivity index (χ1) is 11.9. The Balaban J connectivity index is 1.97. The fourth-order valence-electron chi connectivity index (χ4n) is 2.81. The summed E-state index contributed by atoms with van der Waals surface area (Å²) >= 11 is 0. The van der Waals surface area contributed by atoms with Crippen LogP contribution in [0.5, 0.6) is 0 Å². The van der Waals surface area contributed by atoms with Crippen LogP contribution in [0, 0.1) is 20.8 Å². The number of pyridine rings is 1. The molecule has 6 nitrogen and oxygen atoms in total. The average Bonchev–Trinajstić information content (AvgIpc) is 3.04. The Morgan fingerprint density at radius 2 is 1.88 bits per heavy atom. The number of amides is 1. The van der Waals surface area contributed by atoms with Crippen molar-refractivity contribution in [1.82, 2.24) is 20.1 Å². The molecule has 3 rings (SSSR count). The minimum atomic E-state index is -0.0880. The molecule has 0 spiro atoms. The quantitative estimate of drug-likeness (QED) is 0.729. The van der Waals surface area contributed by atoms with E-state index in [-0.39, 0.29) is 12.5 Å². The molecule has 1 aromatic carbocycles. The first kappa shape index (κ1) is 17.1. The normalized spacial score (nSPS) is 11.1. The van der Waals surface area contributed by atoms with Gasteiger partial charge in [0, 0.05) is 24.5 Å². The van der Waals surface area contributed by atoms with Gasteiger partial charge in [0.1, 0.15) is 0 Å². The molecule has 0 aliphatic rings. The van der Waals surface area contributed by atoms with Crippen molar-refractivity contribution in [2.75, 3.05) is 7.05 Å². The lowest BCUT2D eigenvalue weighted by Crippen LogP contribution is -2.26. The van der Waals surface area contributed by atoms with E-state index in [0.717, 1.165) is 27.7 Å². The minimum absolute atomic E-state index is 0.0880. The summed E-state index contributed by atoms with van der Waals surface area (Å²) in [6.07, 6.45) is 0.678. The van der Waals surface area contributed by atoms with Gasteiger partial charge in [-0.25, -0.2) is 0 Å². The summed E-state index contributed by atoms with van der Waals surface area (Å²) in [4.78, 5) is 19.2. The van der Waals surface area contributed by atoms with Gasteiger partial charge < -0.3 is 9.32 Å². The minimum Gasteiger partial charge on any atom is -0.423 e. The largest absolute Gasteiger partial charge is 0.423 e. The van der Waals surface area contributed by atoms with Crippen LogP contribution in [0.15, 0.2) is 22.6 Å². The molecule has 0 aliphatic heterocycles. The van der Waals surface area contributed by atoms with Crippen molar-refractivity contribution in [2.24, 2.45) is 0 Å². The topological polar surface area (TPSA) is 72.1 Å². The number of hydrogen-bond donors (Lipinski definition) is 0. The molecule has 0 unspecified atom stereocenters. The van der Waals surface area contributed by atoms with E-state index in [1.165, 1.54) is 0 Å². The number of benzene rings is 1. The van der Waals surface area contributed by atoms with Gasteiger partial charge in [0.2, 0.25) is 11.8 Å². The Bertz CT molecular complexity index is 946. The SMILES string of the molecule is CCc1nnc(CN(C)C(=O)c2cc(C)nc3c(C)c(C)ccc23)o1. The molecule has 3 aromatic rings. The van der Waals surface area contributed by atoms with Crippen LogP contribution < -0.4 is 0 Å². The molecule has 6 heteroatoms. The number of aromatic nitrogens is 3. The molecule has 2 aromatic heterocycles. The fraction of sp³-hybridized carbons (Fsp3) is 0.368. The fourth-order valence-corrected chi connectivity index (χ4v) is 2.81. The van der Waals surface area contributed by atoms with E-state index in [2.05, 4.69) is 15.2 Å². The monoisotopic (exact) mass is 338 g/mol. The summed E-state index contributed by atoms with van der Waals surface area (Å²) in [5.74, 6) is 0.928. The van der Waals surface area contributed by atoms with Crippen LogP contribution >= 0.6 is 0 Å². The molecule has 0 fully saturated rings. The highest BCUT2D eigenvalue weighted by Crippen LogP contribution is 2.25. The summed E-state index contributed by atoms with van der Waals surface area (Å²) in [6.45, 7) is 8.21. The van der Waals surface area contributed by atoms with Gasteiger partial charge in [-0.05, 0) is 38.0 Å². The number of aryl methyl sites for hydroxylation is 4. The summed E-state index contributed by atoms with van der Waals surface area (Å²) in [5.41, 5.74) is 4.60. The molecule has 0 bridgehead atoms. The van der Waals surface area contributed by atoms with E-state index in [0.29, 0.717) is 23.8 Å². The number of fused-ring (bicyclic) bond motifs is 1. The predicted octanol–water partition coefficient (Wildman–Crippen LogP) is 3.38. The van der Waals surface area contributed by atoms with Gasteiger partial charge >= 0.3 is 0 Å². The molecule has 0 atom stereocenters. The molecule has 1 amide bonds. The van der Waals surface area contributed by atoms with Crippen LogP contribution in [0.4, 0.5) is 0 Å². The molecule has 0 saturated carbocycles. The average molecular weight is 338 g/mol. The van der Waals surface area contributed by atoms with Crippen molar-refractivity contribution < 1.29 is 9.21 Å². The zero-order chi connectivity index (χ0) is 18.1. The molecule has 2 heterocycles. The number of nitrogens with zero attached hydrogens (tertiary/aromatic N) is 4. The molecular formula is C19H22N4O2. The van der Waals surface area contributed by atoms with E-state index in [9.17, 15) is 4.79 Å². The number of carbonyl (C=O) groups excluding carboxylic acids is 1. The van der Waals surface area contributed by atoms with Crippen LogP contribution in [-0.2, 0) is 13.0 Å². The third kappa shape index (κ3) is 3.24. The van der Waals surface area contributed by atoms with Gasteiger partial charge in [-0.15, -0.1) is 10.2 Å². The van der Waals surface area contributed by atoms with Crippen LogP contribution in [0.2, 0.25) is 0 Å². The second-order valence-corrected chi connectivity index (χ2v) is 6.32. The van der Waals surface area contributed by atoms with Gasteiger partial charge in [-0.1, -0.05) is 19.1 Å². The van der Waals surface area contributed by atoms with E-state index in [4.69, 9.17) is 4.42 Å². The van der Waals surface area contributed by atoms with Crippen LogP contribution in [0.1, 0.15) is 45.9 Å². The van der Waals surface area contributed by atoms with E-state index in [1.807, 2.05) is 45.9 Å². The van der Waals surface area contributed by atoms with Crippen LogP contribution in [0.25, 0.3) is 10.9 Å². The maximum Gasteiger partial charge on any atom is 0.254 e. The van der Waals surface area contributed by atoms with Crippen molar-refractivity contribution in [2.45, 2.75) is 40.7 Å². The van der Waals surface area contributed by atoms with E-state index < -0.39 is 0 Å². The summed E-state index contributed by atoms with van der Waals surface area (Å²) in [6, 6.07) is 5.82. The number of rotatable bonds is 4. The highest BCUT2D eigenvalue weighted by Gasteiger charge is 2.19. The lowest BCUT2D eigenvalue weighted by molar-refractivity contribution is 0.0774. The highest BCUT2D eigenvalue weighted by molar-refractivity contribution is 6.06. The van der Waals surface area contributed by atoms with Crippen LogP contribution in [-0.4, -0.2) is 33.0 Å². The maximum absolute atomic E-state index is 13.0. The molecule has 130 valence electrons. The van der Waals surface area contributed by atoms with Crippen molar-refractivity contribution in [3.8, 4) is 0 Å². The van der Waals surface area contributed by atoms with Crippen molar-refractivity contribution >= 4 is 16.8 Å². The Labute approximate surface area is 146 Å². The van der Waals surface area contributed by atoms with Crippen molar-refractivity contribution in [1.29, 1.82) is 0 Å². The number of hydrogen-bond acceptors (Lipinski definition) is 5. The van der Waals surface area contributed by atoms with E-state index >= 15 is 0 Å². The lowest BCUT2D eigenvalue weighted by atomic mass is 10.0. The Morgan fingerprint density at radius 1 is 1.16 bits per heavy atom. The second kappa shape index (κ2) is 6.63. The Kier molecular flexibility index (Phi) is 4.53. The van der Waals surface area contributed by atoms with Gasteiger partial charge in [0.05, 0.1) is 17.6 Å².